The number of hydrazone groups is 1. The first-order valence-electron chi connectivity index (χ1n) is 10.2. The van der Waals surface area contributed by atoms with Crippen molar-refractivity contribution in [1.29, 1.82) is 0 Å². The number of thioether (sulfide) groups is 1. The Bertz CT molecular complexity index is 1230. The van der Waals surface area contributed by atoms with E-state index in [-0.39, 0.29) is 17.3 Å². The maximum absolute atomic E-state index is 12.3. The van der Waals surface area contributed by atoms with Crippen LogP contribution < -0.4 is 14.9 Å². The zero-order valence-corrected chi connectivity index (χ0v) is 20.0. The van der Waals surface area contributed by atoms with Crippen LogP contribution in [0, 0.1) is 10.1 Å². The molecule has 1 aromatic heterocycles. The molecule has 0 spiro atoms. The van der Waals surface area contributed by atoms with Crippen molar-refractivity contribution in [3.05, 3.63) is 58.1 Å². The fourth-order valence-corrected chi connectivity index (χ4v) is 3.88. The summed E-state index contributed by atoms with van der Waals surface area (Å²) in [6, 6.07) is 11.5. The number of rotatable bonds is 10. The van der Waals surface area contributed by atoms with Crippen LogP contribution in [0.15, 0.2) is 52.7 Å². The summed E-state index contributed by atoms with van der Waals surface area (Å²) in [5.41, 5.74) is 4.24. The number of ether oxygens (including phenoxy) is 2. The van der Waals surface area contributed by atoms with E-state index < -0.39 is 4.92 Å². The van der Waals surface area contributed by atoms with Crippen molar-refractivity contribution in [2.45, 2.75) is 25.5 Å². The number of hydrogen-bond donors (Lipinski definition) is 1. The lowest BCUT2D eigenvalue weighted by atomic mass is 10.1. The molecule has 0 radical (unpaired) electrons. The van der Waals surface area contributed by atoms with Crippen molar-refractivity contribution in [2.75, 3.05) is 20.0 Å². The number of methoxy groups -OCH3 is 2. The quantitative estimate of drug-likeness (QED) is 0.200. The molecule has 0 unspecified atom stereocenters. The molecule has 3 rings (SSSR count). The van der Waals surface area contributed by atoms with Crippen molar-refractivity contribution in [3.63, 3.8) is 0 Å². The molecule has 12 heteroatoms. The SMILES string of the molecule is CCn1c(SCC(=O)N/N=C(\C)c2cccc([N+](=O)[O-])c2)nnc1-c1ccc(OC)c(OC)c1. The van der Waals surface area contributed by atoms with Gasteiger partial charge >= 0.3 is 0 Å². The highest BCUT2D eigenvalue weighted by Gasteiger charge is 2.16. The van der Waals surface area contributed by atoms with Crippen LogP contribution in [0.5, 0.6) is 11.5 Å². The second-order valence-corrected chi connectivity index (χ2v) is 7.89. The number of non-ortho nitro benzene ring substituents is 1. The van der Waals surface area contributed by atoms with Gasteiger partial charge < -0.3 is 14.0 Å². The molecule has 0 saturated heterocycles. The van der Waals surface area contributed by atoms with E-state index >= 15 is 0 Å². The molecule has 0 saturated carbocycles. The molecule has 11 nitrogen and oxygen atoms in total. The van der Waals surface area contributed by atoms with Gasteiger partial charge in [0.1, 0.15) is 0 Å². The normalized spacial score (nSPS) is 11.2. The first-order chi connectivity index (χ1) is 16.4. The Morgan fingerprint density at radius 1 is 1.18 bits per heavy atom. The van der Waals surface area contributed by atoms with E-state index in [1.807, 2.05) is 23.6 Å². The minimum absolute atomic E-state index is 0.0434. The average Bonchev–Trinajstić information content (AvgIpc) is 3.28. The Kier molecular flexibility index (Phi) is 8.19. The fourth-order valence-electron chi connectivity index (χ4n) is 3.09. The Balaban J connectivity index is 1.67. The summed E-state index contributed by atoms with van der Waals surface area (Å²) in [4.78, 5) is 22.8. The van der Waals surface area contributed by atoms with Crippen LogP contribution in [-0.2, 0) is 11.3 Å². The van der Waals surface area contributed by atoms with Gasteiger partial charge in [0, 0.05) is 29.8 Å². The highest BCUT2D eigenvalue weighted by molar-refractivity contribution is 7.99. The predicted molar refractivity (Wildman–Crippen MR) is 128 cm³/mol. The summed E-state index contributed by atoms with van der Waals surface area (Å²) in [6.07, 6.45) is 0. The monoisotopic (exact) mass is 484 g/mol. The molecule has 1 N–H and O–H groups in total. The lowest BCUT2D eigenvalue weighted by Gasteiger charge is -2.10. The number of amides is 1. The highest BCUT2D eigenvalue weighted by Crippen LogP contribution is 2.32. The number of aromatic nitrogens is 3. The van der Waals surface area contributed by atoms with Crippen LogP contribution in [0.2, 0.25) is 0 Å². The van der Waals surface area contributed by atoms with Crippen LogP contribution in [0.4, 0.5) is 5.69 Å². The van der Waals surface area contributed by atoms with Gasteiger partial charge in [-0.3, -0.25) is 14.9 Å². The summed E-state index contributed by atoms with van der Waals surface area (Å²) in [7, 11) is 3.14. The summed E-state index contributed by atoms with van der Waals surface area (Å²) in [5, 5.41) is 24.1. The third-order valence-corrected chi connectivity index (χ3v) is 5.80. The smallest absolute Gasteiger partial charge is 0.270 e. The van der Waals surface area contributed by atoms with Crippen LogP contribution >= 0.6 is 11.8 Å². The number of nitrogens with one attached hydrogen (secondary N) is 1. The summed E-state index contributed by atoms with van der Waals surface area (Å²) < 4.78 is 12.5. The van der Waals surface area contributed by atoms with Crippen molar-refractivity contribution in [2.24, 2.45) is 5.10 Å². The van der Waals surface area contributed by atoms with Gasteiger partial charge in [-0.25, -0.2) is 5.43 Å². The molecular formula is C22H24N6O5S. The Labute approximate surface area is 200 Å². The molecule has 0 aliphatic rings. The topological polar surface area (TPSA) is 134 Å². The molecule has 178 valence electrons. The summed E-state index contributed by atoms with van der Waals surface area (Å²) >= 11 is 1.23. The van der Waals surface area contributed by atoms with E-state index in [9.17, 15) is 14.9 Å². The molecule has 0 aliphatic carbocycles. The van der Waals surface area contributed by atoms with Crippen LogP contribution in [-0.4, -0.2) is 51.3 Å². The number of carbonyl (C=O) groups is 1. The average molecular weight is 485 g/mol. The summed E-state index contributed by atoms with van der Waals surface area (Å²) in [5.74, 6) is 1.56. The van der Waals surface area contributed by atoms with Gasteiger partial charge in [0.25, 0.3) is 11.6 Å². The predicted octanol–water partition coefficient (Wildman–Crippen LogP) is 3.52. The van der Waals surface area contributed by atoms with E-state index in [1.54, 1.807) is 39.3 Å². The van der Waals surface area contributed by atoms with Crippen LogP contribution in [0.25, 0.3) is 11.4 Å². The standard InChI is InChI=1S/C22H24N6O5S/c1-5-27-21(16-9-10-18(32-3)19(12-16)33-4)25-26-22(27)34-13-20(29)24-23-14(2)15-7-6-8-17(11-15)28(30)31/h6-12H,5,13H2,1-4H3,(H,24,29)/b23-14+. The maximum atomic E-state index is 12.3. The zero-order chi connectivity index (χ0) is 24.7. The first kappa shape index (κ1) is 24.7. The number of nitro benzene ring substituents is 1. The second kappa shape index (κ2) is 11.3. The molecular weight excluding hydrogens is 460 g/mol. The third-order valence-electron chi connectivity index (χ3n) is 4.83. The van der Waals surface area contributed by atoms with Gasteiger partial charge in [-0.2, -0.15) is 5.10 Å². The van der Waals surface area contributed by atoms with Gasteiger partial charge in [0.2, 0.25) is 0 Å². The molecule has 1 amide bonds. The number of hydrogen-bond acceptors (Lipinski definition) is 9. The Morgan fingerprint density at radius 2 is 1.94 bits per heavy atom. The first-order valence-corrected chi connectivity index (χ1v) is 11.2. The minimum Gasteiger partial charge on any atom is -0.493 e. The van der Waals surface area contributed by atoms with Gasteiger partial charge in [0.15, 0.2) is 22.5 Å². The third kappa shape index (κ3) is 5.70. The molecule has 1 heterocycles. The highest BCUT2D eigenvalue weighted by atomic mass is 32.2. The summed E-state index contributed by atoms with van der Waals surface area (Å²) in [6.45, 7) is 4.23. The van der Waals surface area contributed by atoms with Gasteiger partial charge in [-0.15, -0.1) is 10.2 Å². The van der Waals surface area contributed by atoms with Crippen molar-refractivity contribution in [1.82, 2.24) is 20.2 Å². The van der Waals surface area contributed by atoms with E-state index in [0.29, 0.717) is 40.3 Å². The van der Waals surface area contributed by atoms with Gasteiger partial charge in [-0.05, 0) is 32.0 Å². The number of nitrogens with zero attached hydrogens (tertiary/aromatic N) is 5. The fraction of sp³-hybridized carbons (Fsp3) is 0.273. The Hall–Kier alpha value is -3.93. The van der Waals surface area contributed by atoms with E-state index in [2.05, 4.69) is 20.7 Å². The molecule has 34 heavy (non-hydrogen) atoms. The Morgan fingerprint density at radius 3 is 2.62 bits per heavy atom. The largest absolute Gasteiger partial charge is 0.493 e. The van der Waals surface area contributed by atoms with E-state index in [0.717, 1.165) is 5.56 Å². The van der Waals surface area contributed by atoms with Crippen LogP contribution in [0.3, 0.4) is 0 Å². The molecule has 0 fully saturated rings. The molecule has 0 bridgehead atoms. The molecule has 0 atom stereocenters. The lowest BCUT2D eigenvalue weighted by molar-refractivity contribution is -0.384. The molecule has 0 aliphatic heterocycles. The lowest BCUT2D eigenvalue weighted by Crippen LogP contribution is -2.21. The molecule has 3 aromatic rings. The number of nitro groups is 1. The van der Waals surface area contributed by atoms with Crippen molar-refractivity contribution >= 4 is 29.1 Å². The zero-order valence-electron chi connectivity index (χ0n) is 19.1. The van der Waals surface area contributed by atoms with E-state index in [4.69, 9.17) is 9.47 Å². The minimum atomic E-state index is -0.480. The molecule has 2 aromatic carbocycles. The second-order valence-electron chi connectivity index (χ2n) is 6.95. The van der Waals surface area contributed by atoms with Gasteiger partial charge in [-0.1, -0.05) is 23.9 Å². The number of carbonyl (C=O) groups excluding carboxylic acids is 1. The van der Waals surface area contributed by atoms with E-state index in [1.165, 1.54) is 23.9 Å². The van der Waals surface area contributed by atoms with Gasteiger partial charge in [0.05, 0.1) is 30.6 Å². The van der Waals surface area contributed by atoms with Crippen molar-refractivity contribution in [3.8, 4) is 22.9 Å². The number of benzene rings is 2. The van der Waals surface area contributed by atoms with Crippen LogP contribution in [0.1, 0.15) is 19.4 Å². The van der Waals surface area contributed by atoms with Crippen molar-refractivity contribution < 1.29 is 19.2 Å². The maximum Gasteiger partial charge on any atom is 0.270 e.